The van der Waals surface area contributed by atoms with Crippen molar-refractivity contribution in [1.29, 1.82) is 0 Å². The first kappa shape index (κ1) is 31.0. The molecule has 5 nitrogen and oxygen atoms in total. The van der Waals surface area contributed by atoms with Crippen LogP contribution in [-0.2, 0) is 20.4 Å². The molecule has 5 heteroatoms. The number of hydrogen-bond donors (Lipinski definition) is 3. The number of aromatic hydroxyl groups is 2. The molecule has 216 valence electrons. The zero-order valence-corrected chi connectivity index (χ0v) is 26.3. The highest BCUT2D eigenvalue weighted by molar-refractivity contribution is 5.72. The number of ether oxygens (including phenoxy) is 1. The minimum absolute atomic E-state index is 0.129. The summed E-state index contributed by atoms with van der Waals surface area (Å²) < 4.78 is 6.18. The third-order valence-corrected chi connectivity index (χ3v) is 7.96. The lowest BCUT2D eigenvalue weighted by Gasteiger charge is -2.46. The fraction of sp³-hybridized carbons (Fsp3) is 0.618. The Balaban J connectivity index is 2.11. The third-order valence-electron chi connectivity index (χ3n) is 7.96. The number of benzene rings is 2. The number of phenols is 2. The first-order valence-corrected chi connectivity index (χ1v) is 14.3. The molecule has 0 amide bonds. The van der Waals surface area contributed by atoms with Crippen LogP contribution in [0.3, 0.4) is 0 Å². The van der Waals surface area contributed by atoms with Gasteiger partial charge in [0, 0.05) is 29.8 Å². The Bertz CT molecular complexity index is 1140. The van der Waals surface area contributed by atoms with Gasteiger partial charge in [-0.3, -0.25) is 4.79 Å². The Morgan fingerprint density at radius 2 is 1.23 bits per heavy atom. The summed E-state index contributed by atoms with van der Waals surface area (Å²) in [6.07, 6.45) is 1.52. The van der Waals surface area contributed by atoms with E-state index in [-0.39, 0.29) is 57.8 Å². The van der Waals surface area contributed by atoms with E-state index in [1.165, 1.54) is 0 Å². The largest absolute Gasteiger partial charge is 0.508 e. The van der Waals surface area contributed by atoms with Crippen molar-refractivity contribution in [3.05, 3.63) is 57.6 Å². The van der Waals surface area contributed by atoms with Gasteiger partial charge in [-0.15, -0.1) is 0 Å². The summed E-state index contributed by atoms with van der Waals surface area (Å²) >= 11 is 0. The van der Waals surface area contributed by atoms with E-state index in [1.807, 2.05) is 26.0 Å². The third kappa shape index (κ3) is 7.36. The second-order valence-corrected chi connectivity index (χ2v) is 15.1. The van der Waals surface area contributed by atoms with Crippen molar-refractivity contribution in [2.24, 2.45) is 0 Å². The van der Waals surface area contributed by atoms with Gasteiger partial charge in [0.15, 0.2) is 0 Å². The zero-order chi connectivity index (χ0) is 29.7. The van der Waals surface area contributed by atoms with Crippen LogP contribution in [0.1, 0.15) is 128 Å². The maximum atomic E-state index is 13.7. The van der Waals surface area contributed by atoms with Crippen molar-refractivity contribution in [1.82, 2.24) is 5.32 Å². The molecular weight excluding hydrogens is 486 g/mol. The maximum absolute atomic E-state index is 13.7. The SMILES string of the molecule is Cc1cc(O)c(C(C)(C)C)cc1C(CC(=O)OC1CC(C)(C)NC(C)(C)C1)c1cc(C(C)(C)C)c(O)cc1C. The topological polar surface area (TPSA) is 78.8 Å². The molecule has 1 aliphatic heterocycles. The number of hydrogen-bond acceptors (Lipinski definition) is 5. The molecule has 0 atom stereocenters. The lowest BCUT2D eigenvalue weighted by Crippen LogP contribution is -2.59. The van der Waals surface area contributed by atoms with Crippen molar-refractivity contribution in [3.8, 4) is 11.5 Å². The molecule has 1 saturated heterocycles. The van der Waals surface area contributed by atoms with Gasteiger partial charge >= 0.3 is 5.97 Å². The molecule has 0 aromatic heterocycles. The van der Waals surface area contributed by atoms with E-state index in [0.29, 0.717) is 0 Å². The van der Waals surface area contributed by atoms with Gasteiger partial charge in [0.05, 0.1) is 6.42 Å². The molecule has 1 aliphatic rings. The fourth-order valence-electron chi connectivity index (χ4n) is 6.47. The lowest BCUT2D eigenvalue weighted by atomic mass is 9.77. The number of nitrogens with one attached hydrogen (secondary N) is 1. The van der Waals surface area contributed by atoms with Crippen molar-refractivity contribution in [3.63, 3.8) is 0 Å². The van der Waals surface area contributed by atoms with E-state index in [4.69, 9.17) is 4.74 Å². The zero-order valence-electron chi connectivity index (χ0n) is 26.3. The molecule has 3 N–H and O–H groups in total. The van der Waals surface area contributed by atoms with Crippen LogP contribution >= 0.6 is 0 Å². The van der Waals surface area contributed by atoms with E-state index in [0.717, 1.165) is 46.2 Å². The summed E-state index contributed by atoms with van der Waals surface area (Å²) in [6, 6.07) is 7.74. The molecule has 3 rings (SSSR count). The number of piperidine rings is 1. The van der Waals surface area contributed by atoms with Crippen LogP contribution in [0, 0.1) is 13.8 Å². The highest BCUT2D eigenvalue weighted by Gasteiger charge is 2.40. The van der Waals surface area contributed by atoms with Gasteiger partial charge < -0.3 is 20.3 Å². The van der Waals surface area contributed by atoms with Crippen molar-refractivity contribution in [2.45, 2.75) is 136 Å². The minimum Gasteiger partial charge on any atom is -0.508 e. The molecule has 2 aromatic carbocycles. The molecule has 1 fully saturated rings. The van der Waals surface area contributed by atoms with Gasteiger partial charge in [0.2, 0.25) is 0 Å². The predicted molar refractivity (Wildman–Crippen MR) is 160 cm³/mol. The fourth-order valence-corrected chi connectivity index (χ4v) is 6.47. The smallest absolute Gasteiger partial charge is 0.307 e. The van der Waals surface area contributed by atoms with Crippen molar-refractivity contribution >= 4 is 5.97 Å². The van der Waals surface area contributed by atoms with Crippen LogP contribution in [0.15, 0.2) is 24.3 Å². The van der Waals surface area contributed by atoms with Crippen LogP contribution in [-0.4, -0.2) is 33.4 Å². The predicted octanol–water partition coefficient (Wildman–Crippen LogP) is 7.68. The second kappa shape index (κ2) is 10.5. The van der Waals surface area contributed by atoms with Gasteiger partial charge in [0.1, 0.15) is 17.6 Å². The summed E-state index contributed by atoms with van der Waals surface area (Å²) in [5, 5.41) is 25.3. The number of esters is 1. The number of rotatable bonds is 5. The molecule has 0 spiro atoms. The van der Waals surface area contributed by atoms with Gasteiger partial charge in [-0.1, -0.05) is 53.7 Å². The average molecular weight is 538 g/mol. The van der Waals surface area contributed by atoms with E-state index in [9.17, 15) is 15.0 Å². The molecule has 2 aromatic rings. The van der Waals surface area contributed by atoms with Crippen molar-refractivity contribution < 1.29 is 19.7 Å². The number of carbonyl (C=O) groups is 1. The summed E-state index contributed by atoms with van der Waals surface area (Å²) in [4.78, 5) is 13.7. The average Bonchev–Trinajstić information content (AvgIpc) is 2.68. The molecule has 0 unspecified atom stereocenters. The summed E-state index contributed by atoms with van der Waals surface area (Å²) in [5.41, 5.74) is 4.72. The first-order valence-electron chi connectivity index (χ1n) is 14.3. The van der Waals surface area contributed by atoms with Gasteiger partial charge in [-0.25, -0.2) is 0 Å². The van der Waals surface area contributed by atoms with E-state index in [2.05, 4.69) is 86.7 Å². The van der Waals surface area contributed by atoms with Gasteiger partial charge in [-0.05, 0) is 97.9 Å². The summed E-state index contributed by atoms with van der Waals surface area (Å²) in [5.74, 6) is 0.0146. The molecule has 39 heavy (non-hydrogen) atoms. The lowest BCUT2D eigenvalue weighted by molar-refractivity contribution is -0.153. The Morgan fingerprint density at radius 1 is 0.846 bits per heavy atom. The van der Waals surface area contributed by atoms with Crippen LogP contribution < -0.4 is 5.32 Å². The minimum atomic E-state index is -0.288. The summed E-state index contributed by atoms with van der Waals surface area (Å²) in [6.45, 7) is 25.0. The Morgan fingerprint density at radius 3 is 1.59 bits per heavy atom. The molecule has 0 aliphatic carbocycles. The van der Waals surface area contributed by atoms with Crippen LogP contribution in [0.25, 0.3) is 0 Å². The summed E-state index contributed by atoms with van der Waals surface area (Å²) in [7, 11) is 0. The van der Waals surface area contributed by atoms with E-state index in [1.54, 1.807) is 0 Å². The molecular formula is C34H51NO4. The van der Waals surface area contributed by atoms with Gasteiger partial charge in [-0.2, -0.15) is 0 Å². The monoisotopic (exact) mass is 537 g/mol. The maximum Gasteiger partial charge on any atom is 0.307 e. The van der Waals surface area contributed by atoms with E-state index >= 15 is 0 Å². The molecule has 1 heterocycles. The Labute approximate surface area is 236 Å². The van der Waals surface area contributed by atoms with Crippen LogP contribution in [0.5, 0.6) is 11.5 Å². The quantitative estimate of drug-likeness (QED) is 0.341. The number of phenolic OH excluding ortho intramolecular Hbond substituents is 2. The normalized spacial score (nSPS) is 17.9. The van der Waals surface area contributed by atoms with Crippen LogP contribution in [0.4, 0.5) is 0 Å². The first-order chi connectivity index (χ1) is 17.6. The van der Waals surface area contributed by atoms with Crippen molar-refractivity contribution in [2.75, 3.05) is 0 Å². The second-order valence-electron chi connectivity index (χ2n) is 15.1. The highest BCUT2D eigenvalue weighted by Crippen LogP contribution is 2.42. The molecule has 0 radical (unpaired) electrons. The molecule has 0 saturated carbocycles. The molecule has 0 bridgehead atoms. The number of aryl methyl sites for hydroxylation is 2. The Hall–Kier alpha value is -2.53. The number of carbonyl (C=O) groups excluding carboxylic acids is 1. The van der Waals surface area contributed by atoms with Gasteiger partial charge in [0.25, 0.3) is 0 Å². The Kier molecular flexibility index (Phi) is 8.32. The van der Waals surface area contributed by atoms with E-state index < -0.39 is 0 Å². The standard InChI is InChI=1S/C34H51NO4/c1-20-13-28(36)26(31(3,4)5)15-23(20)25(24-16-27(32(6,7)8)29(37)14-21(24)2)17-30(38)39-22-18-33(9,10)35-34(11,12)19-22/h13-16,22,25,35-37H,17-19H2,1-12H3. The highest BCUT2D eigenvalue weighted by atomic mass is 16.5. The van der Waals surface area contributed by atoms with Crippen LogP contribution in [0.2, 0.25) is 0 Å².